The zero-order valence-electron chi connectivity index (χ0n) is 13.1. The molecule has 0 saturated heterocycles. The normalized spacial score (nSPS) is 10.7. The predicted molar refractivity (Wildman–Crippen MR) is 87.0 cm³/mol. The number of para-hydroxylation sites is 1. The highest BCUT2D eigenvalue weighted by atomic mass is 16.5. The SMILES string of the molecule is CCc1ncncc1C(=O)OCc1cc(C)nc2ccccc12. The van der Waals surface area contributed by atoms with Crippen molar-refractivity contribution >= 4 is 16.9 Å². The summed E-state index contributed by atoms with van der Waals surface area (Å²) in [6.45, 7) is 4.07. The molecular weight excluding hydrogens is 290 g/mol. The van der Waals surface area contributed by atoms with Crippen molar-refractivity contribution in [2.24, 2.45) is 0 Å². The van der Waals surface area contributed by atoms with E-state index in [2.05, 4.69) is 15.0 Å². The van der Waals surface area contributed by atoms with Gasteiger partial charge in [0, 0.05) is 22.8 Å². The van der Waals surface area contributed by atoms with Crippen molar-refractivity contribution in [2.45, 2.75) is 26.9 Å². The molecule has 3 rings (SSSR count). The molecule has 1 aromatic carbocycles. The van der Waals surface area contributed by atoms with Crippen LogP contribution in [-0.2, 0) is 17.8 Å². The van der Waals surface area contributed by atoms with E-state index in [4.69, 9.17) is 4.74 Å². The van der Waals surface area contributed by atoms with Crippen molar-refractivity contribution in [1.29, 1.82) is 0 Å². The zero-order valence-corrected chi connectivity index (χ0v) is 13.1. The highest BCUT2D eigenvalue weighted by Gasteiger charge is 2.14. The van der Waals surface area contributed by atoms with Gasteiger partial charge in [-0.3, -0.25) is 4.98 Å². The second kappa shape index (κ2) is 6.52. The van der Waals surface area contributed by atoms with E-state index in [0.29, 0.717) is 17.7 Å². The molecule has 0 spiro atoms. The molecule has 0 aliphatic rings. The Labute approximate surface area is 134 Å². The summed E-state index contributed by atoms with van der Waals surface area (Å²) in [6, 6.07) is 9.77. The molecule has 2 aromatic heterocycles. The van der Waals surface area contributed by atoms with Crippen LogP contribution in [0.1, 0.15) is 34.2 Å². The molecule has 0 unspecified atom stereocenters. The fourth-order valence-corrected chi connectivity index (χ4v) is 2.54. The summed E-state index contributed by atoms with van der Waals surface area (Å²) >= 11 is 0. The number of carbonyl (C=O) groups is 1. The Kier molecular flexibility index (Phi) is 4.28. The Morgan fingerprint density at radius 1 is 1.26 bits per heavy atom. The molecule has 23 heavy (non-hydrogen) atoms. The molecule has 3 aromatic rings. The predicted octanol–water partition coefficient (Wildman–Crippen LogP) is 3.25. The summed E-state index contributed by atoms with van der Waals surface area (Å²) in [6.07, 6.45) is 3.60. The Hall–Kier alpha value is -2.82. The molecule has 2 heterocycles. The van der Waals surface area contributed by atoms with Gasteiger partial charge in [0.25, 0.3) is 0 Å². The van der Waals surface area contributed by atoms with Crippen LogP contribution < -0.4 is 0 Å². The minimum atomic E-state index is -0.402. The number of hydrogen-bond acceptors (Lipinski definition) is 5. The number of pyridine rings is 1. The summed E-state index contributed by atoms with van der Waals surface area (Å²) in [4.78, 5) is 24.8. The van der Waals surface area contributed by atoms with E-state index in [0.717, 1.165) is 22.2 Å². The molecule has 5 nitrogen and oxygen atoms in total. The van der Waals surface area contributed by atoms with Crippen LogP contribution in [0.25, 0.3) is 10.9 Å². The average Bonchev–Trinajstić information content (AvgIpc) is 2.59. The smallest absolute Gasteiger partial charge is 0.341 e. The first-order valence-corrected chi connectivity index (χ1v) is 7.50. The Bertz CT molecular complexity index is 862. The van der Waals surface area contributed by atoms with Gasteiger partial charge in [-0.15, -0.1) is 0 Å². The van der Waals surface area contributed by atoms with E-state index in [1.54, 1.807) is 0 Å². The van der Waals surface area contributed by atoms with Crippen molar-refractivity contribution < 1.29 is 9.53 Å². The lowest BCUT2D eigenvalue weighted by molar-refractivity contribution is 0.0472. The van der Waals surface area contributed by atoms with E-state index in [1.807, 2.05) is 44.2 Å². The fourth-order valence-electron chi connectivity index (χ4n) is 2.54. The number of fused-ring (bicyclic) bond motifs is 1. The number of nitrogens with zero attached hydrogens (tertiary/aromatic N) is 3. The standard InChI is InChI=1S/C18H17N3O2/c1-3-16-15(9-19-11-20-16)18(22)23-10-13-8-12(2)21-17-7-5-4-6-14(13)17/h4-9,11H,3,10H2,1-2H3. The minimum absolute atomic E-state index is 0.195. The van der Waals surface area contributed by atoms with Gasteiger partial charge >= 0.3 is 5.97 Å². The Morgan fingerprint density at radius 3 is 2.91 bits per heavy atom. The maximum absolute atomic E-state index is 12.3. The van der Waals surface area contributed by atoms with Crippen molar-refractivity contribution in [3.05, 3.63) is 65.4 Å². The van der Waals surface area contributed by atoms with Crippen LogP contribution >= 0.6 is 0 Å². The Balaban J connectivity index is 1.85. The lowest BCUT2D eigenvalue weighted by atomic mass is 10.1. The summed E-state index contributed by atoms with van der Waals surface area (Å²) in [5.41, 5.74) is 3.85. The van der Waals surface area contributed by atoms with Gasteiger partial charge in [-0.05, 0) is 25.5 Å². The van der Waals surface area contributed by atoms with Gasteiger partial charge in [0.2, 0.25) is 0 Å². The average molecular weight is 307 g/mol. The van der Waals surface area contributed by atoms with Crippen LogP contribution in [0, 0.1) is 6.92 Å². The first-order chi connectivity index (χ1) is 11.2. The molecular formula is C18H17N3O2. The zero-order chi connectivity index (χ0) is 16.2. The van der Waals surface area contributed by atoms with Crippen LogP contribution in [-0.4, -0.2) is 20.9 Å². The van der Waals surface area contributed by atoms with Crippen LogP contribution in [0.2, 0.25) is 0 Å². The molecule has 0 N–H and O–H groups in total. The third kappa shape index (κ3) is 3.18. The maximum Gasteiger partial charge on any atom is 0.341 e. The molecule has 0 atom stereocenters. The van der Waals surface area contributed by atoms with E-state index in [-0.39, 0.29) is 6.61 Å². The van der Waals surface area contributed by atoms with E-state index < -0.39 is 5.97 Å². The molecule has 0 aliphatic carbocycles. The van der Waals surface area contributed by atoms with E-state index >= 15 is 0 Å². The van der Waals surface area contributed by atoms with Gasteiger partial charge in [-0.25, -0.2) is 14.8 Å². The molecule has 0 radical (unpaired) electrons. The first kappa shape index (κ1) is 15.1. The number of aromatic nitrogens is 3. The van der Waals surface area contributed by atoms with Gasteiger partial charge in [-0.2, -0.15) is 0 Å². The number of esters is 1. The molecule has 5 heteroatoms. The molecule has 0 aliphatic heterocycles. The second-order valence-corrected chi connectivity index (χ2v) is 5.25. The van der Waals surface area contributed by atoms with Crippen LogP contribution in [0.4, 0.5) is 0 Å². The van der Waals surface area contributed by atoms with E-state index in [9.17, 15) is 4.79 Å². The van der Waals surface area contributed by atoms with Crippen LogP contribution in [0.3, 0.4) is 0 Å². The maximum atomic E-state index is 12.3. The lowest BCUT2D eigenvalue weighted by Gasteiger charge is -2.10. The number of ether oxygens (including phenoxy) is 1. The van der Waals surface area contributed by atoms with Crippen LogP contribution in [0.15, 0.2) is 42.9 Å². The Morgan fingerprint density at radius 2 is 2.09 bits per heavy atom. The molecule has 0 saturated carbocycles. The highest BCUT2D eigenvalue weighted by Crippen LogP contribution is 2.19. The summed E-state index contributed by atoms with van der Waals surface area (Å²) in [7, 11) is 0. The highest BCUT2D eigenvalue weighted by molar-refractivity contribution is 5.90. The summed E-state index contributed by atoms with van der Waals surface area (Å²) < 4.78 is 5.47. The third-order valence-electron chi connectivity index (χ3n) is 3.64. The molecule has 116 valence electrons. The monoisotopic (exact) mass is 307 g/mol. The number of aryl methyl sites for hydroxylation is 2. The number of rotatable bonds is 4. The van der Waals surface area contributed by atoms with Crippen molar-refractivity contribution in [3.8, 4) is 0 Å². The van der Waals surface area contributed by atoms with Crippen molar-refractivity contribution in [3.63, 3.8) is 0 Å². The number of hydrogen-bond donors (Lipinski definition) is 0. The van der Waals surface area contributed by atoms with Gasteiger partial charge < -0.3 is 4.74 Å². The van der Waals surface area contributed by atoms with Gasteiger partial charge in [0.1, 0.15) is 12.9 Å². The van der Waals surface area contributed by atoms with Crippen LogP contribution in [0.5, 0.6) is 0 Å². The van der Waals surface area contributed by atoms with Gasteiger partial charge in [0.15, 0.2) is 0 Å². The third-order valence-corrected chi connectivity index (χ3v) is 3.64. The van der Waals surface area contributed by atoms with Gasteiger partial charge in [0.05, 0.1) is 16.8 Å². The molecule has 0 amide bonds. The number of carbonyl (C=O) groups excluding carboxylic acids is 1. The quantitative estimate of drug-likeness (QED) is 0.692. The van der Waals surface area contributed by atoms with Gasteiger partial charge in [-0.1, -0.05) is 25.1 Å². The topological polar surface area (TPSA) is 65.0 Å². The minimum Gasteiger partial charge on any atom is -0.457 e. The first-order valence-electron chi connectivity index (χ1n) is 7.50. The molecule has 0 fully saturated rings. The van der Waals surface area contributed by atoms with Crippen molar-refractivity contribution in [1.82, 2.24) is 15.0 Å². The largest absolute Gasteiger partial charge is 0.457 e. The second-order valence-electron chi connectivity index (χ2n) is 5.25. The number of benzene rings is 1. The fraction of sp³-hybridized carbons (Fsp3) is 0.222. The summed E-state index contributed by atoms with van der Waals surface area (Å²) in [5, 5.41) is 0.992. The van der Waals surface area contributed by atoms with Crippen molar-refractivity contribution in [2.75, 3.05) is 0 Å². The summed E-state index contributed by atoms with van der Waals surface area (Å²) in [5.74, 6) is -0.402. The molecule has 0 bridgehead atoms. The lowest BCUT2D eigenvalue weighted by Crippen LogP contribution is -2.10. The van der Waals surface area contributed by atoms with E-state index in [1.165, 1.54) is 12.5 Å².